The van der Waals surface area contributed by atoms with Gasteiger partial charge in [-0.15, -0.1) is 11.8 Å². The van der Waals surface area contributed by atoms with Gasteiger partial charge >= 0.3 is 5.97 Å². The zero-order chi connectivity index (χ0) is 27.2. The normalized spacial score (nSPS) is 28.1. The summed E-state index contributed by atoms with van der Waals surface area (Å²) >= 11 is 1.50. The number of thioether (sulfide) groups is 1. The van der Waals surface area contributed by atoms with Crippen LogP contribution in [0.5, 0.6) is 0 Å². The van der Waals surface area contributed by atoms with Crippen molar-refractivity contribution < 1.29 is 29.2 Å². The minimum Gasteiger partial charge on any atom is -0.456 e. The van der Waals surface area contributed by atoms with Crippen LogP contribution in [0, 0.1) is 22.0 Å². The van der Waals surface area contributed by atoms with Crippen molar-refractivity contribution in [1.29, 1.82) is 0 Å². The lowest BCUT2D eigenvalue weighted by Gasteiger charge is -2.46. The lowest BCUT2D eigenvalue weighted by molar-refractivity contribution is -0.384. The lowest BCUT2D eigenvalue weighted by Crippen LogP contribution is -2.63. The molecule has 2 amide bonds. The van der Waals surface area contributed by atoms with E-state index in [2.05, 4.69) is 0 Å². The number of benzene rings is 1. The molecule has 0 spiro atoms. The van der Waals surface area contributed by atoms with E-state index < -0.39 is 22.9 Å². The number of ether oxygens (including phenoxy) is 1. The number of rotatable bonds is 8. The second kappa shape index (κ2) is 10.4. The van der Waals surface area contributed by atoms with Crippen molar-refractivity contribution in [2.45, 2.75) is 50.3 Å². The number of likely N-dealkylation sites (N-methyl/N-ethyl adjacent to an activating group) is 2. The molecule has 200 valence electrons. The molecule has 1 N–H and O–H groups in total. The van der Waals surface area contributed by atoms with Gasteiger partial charge in [0.1, 0.15) is 12.3 Å². The van der Waals surface area contributed by atoms with Crippen LogP contribution in [0.2, 0.25) is 0 Å². The quantitative estimate of drug-likeness (QED) is 0.229. The van der Waals surface area contributed by atoms with Crippen molar-refractivity contribution in [1.82, 2.24) is 14.7 Å². The van der Waals surface area contributed by atoms with Crippen LogP contribution in [-0.4, -0.2) is 93.6 Å². The van der Waals surface area contributed by atoms with Crippen LogP contribution in [0.3, 0.4) is 0 Å². The Balaban J connectivity index is 1.55. The molecule has 6 atom stereocenters. The van der Waals surface area contributed by atoms with Gasteiger partial charge in [0, 0.05) is 48.8 Å². The highest BCUT2D eigenvalue weighted by Gasteiger charge is 2.60. The van der Waals surface area contributed by atoms with Crippen LogP contribution >= 0.6 is 11.8 Å². The second-order valence-corrected chi connectivity index (χ2v) is 11.5. The second-order valence-electron chi connectivity index (χ2n) is 10.1. The van der Waals surface area contributed by atoms with Gasteiger partial charge in [-0.25, -0.2) is 4.79 Å². The molecule has 3 heterocycles. The number of hydrogen-bond donors (Lipinski definition) is 1. The van der Waals surface area contributed by atoms with Gasteiger partial charge in [0.05, 0.1) is 29.0 Å². The van der Waals surface area contributed by atoms with E-state index >= 15 is 0 Å². The number of amides is 2. The standard InChI is InChI=1S/C25H32N4O7S/c1-13-20-19(14(2)30)24(32)28(20)21(25(33)36-12-15-6-8-16(9-7-15)29(34)35)22(13)37-17-10-18(27(5)11-17)23(31)26(3)4/h6-9,13-14,17-20,30H,10-12H2,1-5H3/t13-,14?,17+,18+,19-,20-/m1/s1. The van der Waals surface area contributed by atoms with E-state index in [0.717, 1.165) is 4.91 Å². The fourth-order valence-corrected chi connectivity index (χ4v) is 7.00. The number of non-ortho nitro benzene ring substituents is 1. The van der Waals surface area contributed by atoms with E-state index in [1.54, 1.807) is 25.9 Å². The Labute approximate surface area is 219 Å². The first-order valence-corrected chi connectivity index (χ1v) is 13.0. The maximum absolute atomic E-state index is 13.3. The van der Waals surface area contributed by atoms with E-state index in [9.17, 15) is 29.6 Å². The van der Waals surface area contributed by atoms with Crippen LogP contribution in [0.4, 0.5) is 5.69 Å². The Morgan fingerprint density at radius 2 is 1.95 bits per heavy atom. The zero-order valence-corrected chi connectivity index (χ0v) is 22.3. The minimum atomic E-state index is -0.849. The maximum Gasteiger partial charge on any atom is 0.356 e. The summed E-state index contributed by atoms with van der Waals surface area (Å²) in [6.07, 6.45) is -0.240. The number of likely N-dealkylation sites (tertiary alicyclic amines) is 1. The number of nitrogens with zero attached hydrogens (tertiary/aromatic N) is 4. The zero-order valence-electron chi connectivity index (χ0n) is 21.5. The summed E-state index contributed by atoms with van der Waals surface area (Å²) in [6, 6.07) is 5.12. The van der Waals surface area contributed by atoms with Gasteiger partial charge in [0.25, 0.3) is 5.69 Å². The molecule has 0 aliphatic carbocycles. The van der Waals surface area contributed by atoms with Crippen LogP contribution in [0.1, 0.15) is 25.8 Å². The third-order valence-corrected chi connectivity index (χ3v) is 8.84. The number of nitro benzene ring substituents is 1. The fourth-order valence-electron chi connectivity index (χ4n) is 5.40. The van der Waals surface area contributed by atoms with Gasteiger partial charge in [-0.3, -0.25) is 24.6 Å². The number of aliphatic hydroxyl groups excluding tert-OH is 1. The molecule has 12 heteroatoms. The molecule has 11 nitrogen and oxygen atoms in total. The number of aliphatic hydroxyl groups is 1. The van der Waals surface area contributed by atoms with Crippen molar-refractivity contribution in [2.24, 2.45) is 11.8 Å². The SMILES string of the molecule is CC(O)[C@H]1C(=O)N2C(C(=O)OCc3ccc([N+](=O)[O-])cc3)=C(S[C@H]3C[C@@H](C(=O)N(C)C)N(C)C3)[C@H](C)[C@H]12. The molecule has 0 saturated carbocycles. The Bertz CT molecular complexity index is 1140. The van der Waals surface area contributed by atoms with E-state index in [-0.39, 0.29) is 53.1 Å². The third-order valence-electron chi connectivity index (χ3n) is 7.35. The van der Waals surface area contributed by atoms with Crippen molar-refractivity contribution in [3.8, 4) is 0 Å². The summed E-state index contributed by atoms with van der Waals surface area (Å²) in [7, 11) is 5.35. The number of hydrogen-bond acceptors (Lipinski definition) is 9. The smallest absolute Gasteiger partial charge is 0.356 e. The lowest BCUT2D eigenvalue weighted by atomic mass is 9.79. The predicted molar refractivity (Wildman–Crippen MR) is 136 cm³/mol. The molecule has 3 aliphatic heterocycles. The summed E-state index contributed by atoms with van der Waals surface area (Å²) in [5.41, 5.74) is 0.707. The van der Waals surface area contributed by atoms with E-state index in [4.69, 9.17) is 4.74 Å². The first-order valence-electron chi connectivity index (χ1n) is 12.2. The van der Waals surface area contributed by atoms with Gasteiger partial charge in [-0.05, 0) is 38.1 Å². The highest BCUT2D eigenvalue weighted by molar-refractivity contribution is 8.03. The van der Waals surface area contributed by atoms with Gasteiger partial charge in [-0.2, -0.15) is 0 Å². The minimum absolute atomic E-state index is 0.0231. The molecule has 0 aromatic heterocycles. The summed E-state index contributed by atoms with van der Waals surface area (Å²) in [5.74, 6) is -1.72. The van der Waals surface area contributed by atoms with E-state index in [0.29, 0.717) is 18.5 Å². The van der Waals surface area contributed by atoms with Gasteiger partial charge < -0.3 is 19.6 Å². The third kappa shape index (κ3) is 4.97. The molecule has 4 rings (SSSR count). The van der Waals surface area contributed by atoms with Crippen LogP contribution < -0.4 is 0 Å². The maximum atomic E-state index is 13.3. The molecule has 2 saturated heterocycles. The predicted octanol–water partition coefficient (Wildman–Crippen LogP) is 1.60. The van der Waals surface area contributed by atoms with E-state index in [1.165, 1.54) is 40.9 Å². The van der Waals surface area contributed by atoms with Gasteiger partial charge in [-0.1, -0.05) is 6.92 Å². The number of esters is 1. The molecule has 3 aliphatic rings. The van der Waals surface area contributed by atoms with Crippen LogP contribution in [-0.2, 0) is 25.7 Å². The fraction of sp³-hybridized carbons (Fsp3) is 0.560. The Morgan fingerprint density at radius 1 is 1.30 bits per heavy atom. The molecule has 37 heavy (non-hydrogen) atoms. The molecular formula is C25H32N4O7S. The van der Waals surface area contributed by atoms with Crippen LogP contribution in [0.15, 0.2) is 34.9 Å². The number of carbonyl (C=O) groups excluding carboxylic acids is 3. The molecule has 1 aromatic rings. The molecule has 1 unspecified atom stereocenters. The Kier molecular flexibility index (Phi) is 7.63. The summed E-state index contributed by atoms with van der Waals surface area (Å²) in [6.45, 7) is 4.06. The molecule has 1 aromatic carbocycles. The first kappa shape index (κ1) is 27.1. The van der Waals surface area contributed by atoms with Gasteiger partial charge in [0.15, 0.2) is 0 Å². The average Bonchev–Trinajstić information content (AvgIpc) is 3.32. The number of nitro groups is 1. The van der Waals surface area contributed by atoms with E-state index in [1.807, 2.05) is 18.9 Å². The molecular weight excluding hydrogens is 500 g/mol. The number of fused-ring (bicyclic) bond motifs is 1. The molecule has 0 radical (unpaired) electrons. The summed E-state index contributed by atoms with van der Waals surface area (Å²) < 4.78 is 5.56. The highest BCUT2D eigenvalue weighted by atomic mass is 32.2. The van der Waals surface area contributed by atoms with Crippen molar-refractivity contribution in [3.05, 3.63) is 50.5 Å². The molecule has 0 bridgehead atoms. The van der Waals surface area contributed by atoms with Gasteiger partial charge in [0.2, 0.25) is 11.8 Å². The largest absolute Gasteiger partial charge is 0.456 e. The Hall–Kier alpha value is -2.96. The van der Waals surface area contributed by atoms with Crippen molar-refractivity contribution in [2.75, 3.05) is 27.7 Å². The first-order chi connectivity index (χ1) is 17.4. The molecule has 2 fully saturated rings. The number of β-lactam (4-membered cyclic amide) rings is 1. The number of carbonyl (C=O) groups is 3. The van der Waals surface area contributed by atoms with Crippen molar-refractivity contribution >= 4 is 35.2 Å². The average molecular weight is 533 g/mol. The highest BCUT2D eigenvalue weighted by Crippen LogP contribution is 2.52. The van der Waals surface area contributed by atoms with Crippen LogP contribution in [0.25, 0.3) is 0 Å². The summed E-state index contributed by atoms with van der Waals surface area (Å²) in [4.78, 5) is 55.0. The topological polar surface area (TPSA) is 134 Å². The van der Waals surface area contributed by atoms with Crippen molar-refractivity contribution in [3.63, 3.8) is 0 Å². The Morgan fingerprint density at radius 3 is 2.51 bits per heavy atom. The summed E-state index contributed by atoms with van der Waals surface area (Å²) in [5, 5.41) is 21.1. The monoisotopic (exact) mass is 532 g/mol.